The van der Waals surface area contributed by atoms with Gasteiger partial charge in [-0.25, -0.2) is 0 Å². The van der Waals surface area contributed by atoms with Crippen molar-refractivity contribution < 1.29 is 0 Å². The second-order valence-corrected chi connectivity index (χ2v) is 5.61. The minimum absolute atomic E-state index is 0.983. The topological polar surface area (TPSA) is 15.3 Å². The highest BCUT2D eigenvalue weighted by Gasteiger charge is 2.15. The predicted molar refractivity (Wildman–Crippen MR) is 85.1 cm³/mol. The molecule has 1 heterocycles. The van der Waals surface area contributed by atoms with E-state index in [9.17, 15) is 0 Å². The van der Waals surface area contributed by atoms with E-state index in [1.54, 1.807) is 0 Å². The summed E-state index contributed by atoms with van der Waals surface area (Å²) >= 11 is 0. The smallest absolute Gasteiger partial charge is 0.0433 e. The van der Waals surface area contributed by atoms with Gasteiger partial charge in [-0.3, -0.25) is 0 Å². The molecule has 0 fully saturated rings. The summed E-state index contributed by atoms with van der Waals surface area (Å²) in [6, 6.07) is 15.3. The van der Waals surface area contributed by atoms with Crippen molar-refractivity contribution in [2.24, 2.45) is 0 Å². The number of nitrogens with zero attached hydrogens (tertiary/aromatic N) is 1. The molecule has 0 spiro atoms. The molecule has 1 N–H and O–H groups in total. The molecule has 2 aromatic carbocycles. The van der Waals surface area contributed by atoms with E-state index in [2.05, 4.69) is 66.5 Å². The fraction of sp³-hybridized carbons (Fsp3) is 0.333. The third-order valence-corrected chi connectivity index (χ3v) is 4.11. The number of para-hydroxylation sites is 1. The maximum absolute atomic E-state index is 3.54. The van der Waals surface area contributed by atoms with Crippen molar-refractivity contribution in [2.45, 2.75) is 26.9 Å². The second-order valence-electron chi connectivity index (χ2n) is 5.61. The van der Waals surface area contributed by atoms with Crippen LogP contribution in [-0.2, 0) is 13.1 Å². The Morgan fingerprint density at radius 2 is 1.60 bits per heavy atom. The van der Waals surface area contributed by atoms with Gasteiger partial charge in [-0.05, 0) is 36.1 Å². The first-order valence-electron chi connectivity index (χ1n) is 7.34. The van der Waals surface area contributed by atoms with Crippen LogP contribution in [0.1, 0.15) is 22.3 Å². The lowest BCUT2D eigenvalue weighted by Crippen LogP contribution is -2.35. The molecule has 3 rings (SSSR count). The molecule has 104 valence electrons. The van der Waals surface area contributed by atoms with Crippen LogP contribution in [-0.4, -0.2) is 13.1 Å². The predicted octanol–water partition coefficient (Wildman–Crippen LogP) is 3.41. The molecular weight excluding hydrogens is 244 g/mol. The summed E-state index contributed by atoms with van der Waals surface area (Å²) in [7, 11) is 0. The number of hydrogen-bond donors (Lipinski definition) is 1. The van der Waals surface area contributed by atoms with Crippen LogP contribution in [0.25, 0.3) is 0 Å². The largest absolute Gasteiger partial charge is 0.365 e. The lowest BCUT2D eigenvalue weighted by Gasteiger charge is -2.31. The quantitative estimate of drug-likeness (QED) is 0.851. The molecule has 0 radical (unpaired) electrons. The van der Waals surface area contributed by atoms with Gasteiger partial charge in [0, 0.05) is 31.9 Å². The molecule has 1 aliphatic heterocycles. The van der Waals surface area contributed by atoms with Crippen LogP contribution in [0.3, 0.4) is 0 Å². The SMILES string of the molecule is Cc1cccc(C)c1N1CCNCc2ccccc2C1. The molecule has 0 aromatic heterocycles. The molecule has 0 saturated carbocycles. The third kappa shape index (κ3) is 2.56. The third-order valence-electron chi connectivity index (χ3n) is 4.11. The minimum Gasteiger partial charge on any atom is -0.365 e. The van der Waals surface area contributed by atoms with Crippen molar-refractivity contribution in [1.29, 1.82) is 0 Å². The number of benzene rings is 2. The number of hydrogen-bond acceptors (Lipinski definition) is 2. The van der Waals surface area contributed by atoms with Gasteiger partial charge in [0.1, 0.15) is 0 Å². The van der Waals surface area contributed by atoms with Crippen LogP contribution in [0.2, 0.25) is 0 Å². The maximum Gasteiger partial charge on any atom is 0.0433 e. The highest BCUT2D eigenvalue weighted by Crippen LogP contribution is 2.27. The molecule has 0 amide bonds. The molecule has 0 saturated heterocycles. The summed E-state index contributed by atoms with van der Waals surface area (Å²) in [6.45, 7) is 8.49. The van der Waals surface area contributed by atoms with Crippen LogP contribution in [0.15, 0.2) is 42.5 Å². The Kier molecular flexibility index (Phi) is 3.75. The fourth-order valence-electron chi connectivity index (χ4n) is 3.10. The monoisotopic (exact) mass is 266 g/mol. The lowest BCUT2D eigenvalue weighted by atomic mass is 10.0. The van der Waals surface area contributed by atoms with Crippen LogP contribution in [0.4, 0.5) is 5.69 Å². The molecule has 0 bridgehead atoms. The molecule has 20 heavy (non-hydrogen) atoms. The summed E-state index contributed by atoms with van der Waals surface area (Å²) in [5, 5.41) is 3.54. The van der Waals surface area contributed by atoms with Crippen molar-refractivity contribution >= 4 is 5.69 Å². The lowest BCUT2D eigenvalue weighted by molar-refractivity contribution is 0.630. The summed E-state index contributed by atoms with van der Waals surface area (Å²) in [6.07, 6.45) is 0. The highest BCUT2D eigenvalue weighted by molar-refractivity contribution is 5.59. The van der Waals surface area contributed by atoms with E-state index in [4.69, 9.17) is 0 Å². The van der Waals surface area contributed by atoms with Gasteiger partial charge in [0.15, 0.2) is 0 Å². The van der Waals surface area contributed by atoms with Crippen LogP contribution in [0, 0.1) is 13.8 Å². The molecule has 1 aliphatic rings. The zero-order valence-electron chi connectivity index (χ0n) is 12.3. The standard InChI is InChI=1S/C18H22N2/c1-14-6-5-7-15(2)18(14)20-11-10-19-12-16-8-3-4-9-17(16)13-20/h3-9,19H,10-13H2,1-2H3. The average Bonchev–Trinajstić information content (AvgIpc) is 2.41. The summed E-state index contributed by atoms with van der Waals surface area (Å²) in [5.74, 6) is 0. The highest BCUT2D eigenvalue weighted by atomic mass is 15.2. The molecule has 0 atom stereocenters. The first-order chi connectivity index (χ1) is 9.75. The average molecular weight is 266 g/mol. The zero-order chi connectivity index (χ0) is 13.9. The van der Waals surface area contributed by atoms with E-state index in [-0.39, 0.29) is 0 Å². The first kappa shape index (κ1) is 13.2. The van der Waals surface area contributed by atoms with E-state index in [0.29, 0.717) is 0 Å². The van der Waals surface area contributed by atoms with Gasteiger partial charge in [0.2, 0.25) is 0 Å². The van der Waals surface area contributed by atoms with Gasteiger partial charge in [-0.15, -0.1) is 0 Å². The number of aryl methyl sites for hydroxylation is 2. The minimum atomic E-state index is 0.983. The molecular formula is C18H22N2. The number of rotatable bonds is 1. The molecule has 2 heteroatoms. The van der Waals surface area contributed by atoms with Crippen LogP contribution >= 0.6 is 0 Å². The Hall–Kier alpha value is -1.80. The number of nitrogens with one attached hydrogen (secondary N) is 1. The van der Waals surface area contributed by atoms with Crippen LogP contribution in [0.5, 0.6) is 0 Å². The maximum atomic E-state index is 3.54. The summed E-state index contributed by atoms with van der Waals surface area (Å²) in [5.41, 5.74) is 6.97. The van der Waals surface area contributed by atoms with E-state index in [0.717, 1.165) is 26.2 Å². The molecule has 0 unspecified atom stereocenters. The van der Waals surface area contributed by atoms with Crippen molar-refractivity contribution in [2.75, 3.05) is 18.0 Å². The normalized spacial score (nSPS) is 15.4. The van der Waals surface area contributed by atoms with Crippen molar-refractivity contribution in [3.8, 4) is 0 Å². The Labute approximate surface area is 121 Å². The van der Waals surface area contributed by atoms with E-state index in [1.807, 2.05) is 0 Å². The van der Waals surface area contributed by atoms with Crippen molar-refractivity contribution in [3.63, 3.8) is 0 Å². The summed E-state index contributed by atoms with van der Waals surface area (Å²) < 4.78 is 0. The Morgan fingerprint density at radius 3 is 2.35 bits per heavy atom. The van der Waals surface area contributed by atoms with E-state index < -0.39 is 0 Å². The van der Waals surface area contributed by atoms with Gasteiger partial charge in [-0.2, -0.15) is 0 Å². The van der Waals surface area contributed by atoms with Gasteiger partial charge < -0.3 is 10.2 Å². The Morgan fingerprint density at radius 1 is 0.900 bits per heavy atom. The van der Waals surface area contributed by atoms with Gasteiger partial charge in [0.05, 0.1) is 0 Å². The van der Waals surface area contributed by atoms with Gasteiger partial charge >= 0.3 is 0 Å². The molecule has 2 nitrogen and oxygen atoms in total. The fourth-order valence-corrected chi connectivity index (χ4v) is 3.10. The zero-order valence-corrected chi connectivity index (χ0v) is 12.3. The van der Waals surface area contributed by atoms with E-state index >= 15 is 0 Å². The number of fused-ring (bicyclic) bond motifs is 1. The van der Waals surface area contributed by atoms with Crippen LogP contribution < -0.4 is 10.2 Å². The molecule has 2 aromatic rings. The van der Waals surface area contributed by atoms with Gasteiger partial charge in [0.25, 0.3) is 0 Å². The molecule has 0 aliphatic carbocycles. The summed E-state index contributed by atoms with van der Waals surface area (Å²) in [4.78, 5) is 2.51. The van der Waals surface area contributed by atoms with Gasteiger partial charge in [-0.1, -0.05) is 42.5 Å². The second kappa shape index (κ2) is 5.68. The van der Waals surface area contributed by atoms with Crippen molar-refractivity contribution in [1.82, 2.24) is 5.32 Å². The van der Waals surface area contributed by atoms with E-state index in [1.165, 1.54) is 27.9 Å². The van der Waals surface area contributed by atoms with Crippen molar-refractivity contribution in [3.05, 3.63) is 64.7 Å². The Balaban J connectivity index is 1.99. The Bertz CT molecular complexity index is 584. The number of anilines is 1. The first-order valence-corrected chi connectivity index (χ1v) is 7.34.